The lowest BCUT2D eigenvalue weighted by Gasteiger charge is -2.35. The number of carbonyl (C=O) groups is 1. The molecule has 1 saturated carbocycles. The van der Waals surface area contributed by atoms with Crippen LogP contribution in [0.3, 0.4) is 0 Å². The average molecular weight is 521 g/mol. The van der Waals surface area contributed by atoms with Gasteiger partial charge in [0.05, 0.1) is 35.7 Å². The number of anilines is 1. The summed E-state index contributed by atoms with van der Waals surface area (Å²) in [5.74, 6) is 0.498. The van der Waals surface area contributed by atoms with Gasteiger partial charge in [-0.1, -0.05) is 25.3 Å². The van der Waals surface area contributed by atoms with E-state index in [2.05, 4.69) is 27.2 Å². The predicted molar refractivity (Wildman–Crippen MR) is 141 cm³/mol. The van der Waals surface area contributed by atoms with Gasteiger partial charge in [-0.25, -0.2) is 19.3 Å². The van der Waals surface area contributed by atoms with Gasteiger partial charge >= 0.3 is 0 Å². The van der Waals surface area contributed by atoms with Crippen molar-refractivity contribution in [2.24, 2.45) is 5.41 Å². The zero-order chi connectivity index (χ0) is 26.5. The third kappa shape index (κ3) is 5.76. The van der Waals surface area contributed by atoms with Crippen LogP contribution in [0.4, 0.5) is 10.3 Å². The molecule has 2 aliphatic rings. The van der Waals surface area contributed by atoms with Crippen molar-refractivity contribution in [2.45, 2.75) is 51.4 Å². The maximum absolute atomic E-state index is 13.7. The van der Waals surface area contributed by atoms with Gasteiger partial charge in [0.25, 0.3) is 0 Å². The van der Waals surface area contributed by atoms with E-state index in [4.69, 9.17) is 19.4 Å². The molecule has 3 N–H and O–H groups in total. The van der Waals surface area contributed by atoms with E-state index in [1.165, 1.54) is 31.4 Å². The Balaban J connectivity index is 1.41. The van der Waals surface area contributed by atoms with Crippen molar-refractivity contribution in [1.82, 2.24) is 25.3 Å². The van der Waals surface area contributed by atoms with Crippen molar-refractivity contribution < 1.29 is 18.7 Å². The summed E-state index contributed by atoms with van der Waals surface area (Å²) in [6.07, 6.45) is 8.40. The summed E-state index contributed by atoms with van der Waals surface area (Å²) in [7, 11) is 0. The number of amides is 1. The van der Waals surface area contributed by atoms with E-state index < -0.39 is 11.7 Å². The van der Waals surface area contributed by atoms with Gasteiger partial charge in [0, 0.05) is 24.3 Å². The minimum Gasteiger partial charge on any atom is -0.352 e. The molecule has 38 heavy (non-hydrogen) atoms. The van der Waals surface area contributed by atoms with E-state index >= 15 is 0 Å². The molecule has 3 heterocycles. The Morgan fingerprint density at radius 1 is 1.16 bits per heavy atom. The summed E-state index contributed by atoms with van der Waals surface area (Å²) in [4.78, 5) is 29.8. The molecule has 0 atom stereocenters. The fraction of sp³-hybridized carbons (Fsp3) is 0.429. The number of ether oxygens (including phenoxy) is 2. The normalized spacial score (nSPS) is 22.1. The second-order valence-electron chi connectivity index (χ2n) is 10.1. The highest BCUT2D eigenvalue weighted by molar-refractivity contribution is 5.82. The lowest BCUT2D eigenvalue weighted by molar-refractivity contribution is -0.230. The summed E-state index contributed by atoms with van der Waals surface area (Å²) < 4.78 is 25.6. The van der Waals surface area contributed by atoms with Crippen molar-refractivity contribution in [3.05, 3.63) is 60.8 Å². The molecule has 1 aromatic carbocycles. The summed E-state index contributed by atoms with van der Waals surface area (Å²) in [5.41, 5.74) is 1.76. The van der Waals surface area contributed by atoms with Crippen molar-refractivity contribution in [3.8, 4) is 22.6 Å². The van der Waals surface area contributed by atoms with Gasteiger partial charge in [0.1, 0.15) is 5.82 Å². The van der Waals surface area contributed by atoms with Gasteiger partial charge in [0.15, 0.2) is 5.82 Å². The molecule has 3 aromatic rings. The number of nitrogens with zero attached hydrogens (tertiary/aromatic N) is 3. The summed E-state index contributed by atoms with van der Waals surface area (Å²) in [6, 6.07) is 8.29. The first-order valence-electron chi connectivity index (χ1n) is 13.0. The Kier molecular flexibility index (Phi) is 7.80. The third-order valence-electron chi connectivity index (χ3n) is 6.97. The van der Waals surface area contributed by atoms with Crippen LogP contribution in [-0.2, 0) is 14.3 Å². The van der Waals surface area contributed by atoms with Crippen LogP contribution >= 0.6 is 0 Å². The van der Waals surface area contributed by atoms with E-state index in [0.717, 1.165) is 12.8 Å². The number of hydrogen-bond donors (Lipinski definition) is 3. The Morgan fingerprint density at radius 2 is 1.89 bits per heavy atom. The van der Waals surface area contributed by atoms with E-state index in [-0.39, 0.29) is 24.9 Å². The van der Waals surface area contributed by atoms with Crippen LogP contribution < -0.4 is 10.6 Å². The van der Waals surface area contributed by atoms with Gasteiger partial charge in [-0.15, -0.1) is 6.58 Å². The maximum atomic E-state index is 13.7. The number of carbonyl (C=O) groups excluding carboxylic acids is 1. The van der Waals surface area contributed by atoms with E-state index in [1.807, 2.05) is 0 Å². The van der Waals surface area contributed by atoms with Crippen LogP contribution in [0.2, 0.25) is 0 Å². The Morgan fingerprint density at radius 3 is 2.61 bits per heavy atom. The minimum absolute atomic E-state index is 0.158. The smallest absolute Gasteiger partial charge is 0.230 e. The Bertz CT molecular complexity index is 1260. The molecule has 200 valence electrons. The molecule has 2 aromatic heterocycles. The van der Waals surface area contributed by atoms with Crippen LogP contribution in [0, 0.1) is 11.2 Å². The number of rotatable bonds is 8. The largest absolute Gasteiger partial charge is 0.352 e. The molecule has 2 fully saturated rings. The van der Waals surface area contributed by atoms with E-state index in [0.29, 0.717) is 47.0 Å². The molecular formula is C28H33FN6O3. The molecular weight excluding hydrogens is 487 g/mol. The minimum atomic E-state index is -0.832. The van der Waals surface area contributed by atoms with Gasteiger partial charge in [0.2, 0.25) is 18.1 Å². The third-order valence-corrected chi connectivity index (χ3v) is 6.97. The Labute approximate surface area is 221 Å². The van der Waals surface area contributed by atoms with Crippen LogP contribution in [-0.4, -0.2) is 51.6 Å². The average Bonchev–Trinajstić information content (AvgIpc) is 3.39. The van der Waals surface area contributed by atoms with E-state index in [1.54, 1.807) is 37.4 Å². The maximum Gasteiger partial charge on any atom is 0.230 e. The van der Waals surface area contributed by atoms with Crippen LogP contribution in [0.5, 0.6) is 0 Å². The summed E-state index contributed by atoms with van der Waals surface area (Å²) in [6.45, 7) is 6.11. The number of aromatic amines is 1. The first kappa shape index (κ1) is 26.0. The molecule has 1 aliphatic heterocycles. The number of H-pyrrole nitrogens is 1. The van der Waals surface area contributed by atoms with Crippen molar-refractivity contribution in [1.29, 1.82) is 0 Å². The SMILES string of the molecule is C=CCNC(=O)C1(C)COC(c2nc(-c3ccc(F)cc3)c(-c3ccnc(NC4CCCCC4)n3)[nH]2)OC1. The first-order chi connectivity index (χ1) is 18.4. The molecule has 5 rings (SSSR count). The van der Waals surface area contributed by atoms with Crippen molar-refractivity contribution in [2.75, 3.05) is 25.1 Å². The molecule has 0 radical (unpaired) electrons. The van der Waals surface area contributed by atoms with Crippen LogP contribution in [0.1, 0.15) is 51.1 Å². The van der Waals surface area contributed by atoms with Gasteiger partial charge in [-0.2, -0.15) is 0 Å². The molecule has 1 aliphatic carbocycles. The van der Waals surface area contributed by atoms with Crippen LogP contribution in [0.25, 0.3) is 22.6 Å². The number of aromatic nitrogens is 4. The topological polar surface area (TPSA) is 114 Å². The predicted octanol–water partition coefficient (Wildman–Crippen LogP) is 4.77. The highest BCUT2D eigenvalue weighted by Gasteiger charge is 2.40. The lowest BCUT2D eigenvalue weighted by Crippen LogP contribution is -2.48. The number of halogens is 1. The second kappa shape index (κ2) is 11.4. The number of imidazole rings is 1. The van der Waals surface area contributed by atoms with Crippen LogP contribution in [0.15, 0.2) is 49.2 Å². The summed E-state index contributed by atoms with van der Waals surface area (Å²) >= 11 is 0. The zero-order valence-electron chi connectivity index (χ0n) is 21.5. The highest BCUT2D eigenvalue weighted by Crippen LogP contribution is 2.35. The summed E-state index contributed by atoms with van der Waals surface area (Å²) in [5, 5.41) is 6.26. The Hall–Kier alpha value is -3.63. The van der Waals surface area contributed by atoms with Gasteiger partial charge in [-0.3, -0.25) is 4.79 Å². The number of benzene rings is 1. The quantitative estimate of drug-likeness (QED) is 0.367. The molecule has 0 spiro atoms. The fourth-order valence-electron chi connectivity index (χ4n) is 4.78. The molecule has 9 nitrogen and oxygen atoms in total. The van der Waals surface area contributed by atoms with E-state index in [9.17, 15) is 9.18 Å². The standard InChI is InChI=1S/C28H33FN6O3/c1-3-14-30-26(36)28(2)16-37-25(38-17-28)24-34-22(18-9-11-19(29)12-10-18)23(35-24)21-13-15-31-27(33-21)32-20-7-5-4-6-8-20/h3,9-13,15,20,25H,1,4-8,14,16-17H2,2H3,(H,30,36)(H,34,35)(H,31,32,33). The zero-order valence-corrected chi connectivity index (χ0v) is 21.5. The first-order valence-corrected chi connectivity index (χ1v) is 13.0. The molecule has 10 heteroatoms. The molecule has 1 amide bonds. The number of hydrogen-bond acceptors (Lipinski definition) is 7. The monoisotopic (exact) mass is 520 g/mol. The second-order valence-corrected chi connectivity index (χ2v) is 10.1. The van der Waals surface area contributed by atoms with Crippen molar-refractivity contribution >= 4 is 11.9 Å². The lowest BCUT2D eigenvalue weighted by atomic mass is 9.91. The van der Waals surface area contributed by atoms with Gasteiger partial charge < -0.3 is 25.1 Å². The van der Waals surface area contributed by atoms with Gasteiger partial charge in [-0.05, 0) is 50.1 Å². The molecule has 0 unspecified atom stereocenters. The fourth-order valence-corrected chi connectivity index (χ4v) is 4.78. The molecule has 1 saturated heterocycles. The molecule has 0 bridgehead atoms. The number of nitrogens with one attached hydrogen (secondary N) is 3. The highest BCUT2D eigenvalue weighted by atomic mass is 19.1. The van der Waals surface area contributed by atoms with Crippen molar-refractivity contribution in [3.63, 3.8) is 0 Å².